The van der Waals surface area contributed by atoms with Crippen LogP contribution in [0.5, 0.6) is 0 Å². The van der Waals surface area contributed by atoms with Crippen molar-refractivity contribution in [3.05, 3.63) is 304 Å². The molecule has 138 heavy (non-hydrogen) atoms. The SMILES string of the molecule is [2H]C([2H])(c1cccc(-c2cc(C([2H])([2H])C(C)(C)C)c(-c3cccc(C([2H])([2H])C(C)(C)C)c3)cc2N2c3cc(-n4c5ccc(C([2H])([2H])C(C)(C)C)cc5c5cc(C([2H])([2H])C(C)(C)C)ccc54)ccc3B3c4ccc(-n5c6ccc(C([2H])([2H])C(C)(C)C)cc6c6cc(C([2H])([2H])C(C)(C)C)ccc65)cc4N(c4cc(-c5cccc(C([2H])([2H])C(C)(C)C)c5)c(C([2H])([2H])C(C)(C)C)cc4-c4cccc(C([2H])([2H])C(C)(C)C)c4)c4cc(CC(C)(C)C)cc2c43)c1)C(C)(C)C. The predicted molar refractivity (Wildman–Crippen MR) is 606 cm³/mol. The molecule has 0 unspecified atom stereocenters. The zero-order valence-corrected chi connectivity index (χ0v) is 88.7. The average molecular weight is 1850 g/mol. The summed E-state index contributed by atoms with van der Waals surface area (Å²) in [7, 11) is 0. The molecule has 4 heterocycles. The zero-order chi connectivity index (χ0) is 117. The Morgan fingerprint density at radius 2 is 0.464 bits per heavy atom. The monoisotopic (exact) mass is 1850 g/mol. The Kier molecular flexibility index (Phi) is 19.7. The Morgan fingerprint density at radius 1 is 0.210 bits per heavy atom. The maximum absolute atomic E-state index is 11.0. The minimum Gasteiger partial charge on any atom is -0.311 e. The Morgan fingerprint density at radius 3 is 0.717 bits per heavy atom. The third-order valence-electron chi connectivity index (χ3n) is 24.5. The minimum absolute atomic E-state index is 0.281. The molecule has 0 spiro atoms. The molecule has 4 nitrogen and oxygen atoms in total. The first-order valence-electron chi connectivity index (χ1n) is 59.9. The molecular formula is C133H161BN4. The summed E-state index contributed by atoms with van der Waals surface area (Å²) in [6, 6.07) is 78.6. The van der Waals surface area contributed by atoms with E-state index in [-0.39, 0.29) is 11.1 Å². The first-order valence-corrected chi connectivity index (χ1v) is 49.9. The summed E-state index contributed by atoms with van der Waals surface area (Å²) in [6.07, 6.45) is -19.4. The van der Waals surface area contributed by atoms with E-state index in [1.807, 2.05) is 378 Å². The second-order valence-electron chi connectivity index (χ2n) is 50.9. The molecule has 0 N–H and O–H groups in total. The first kappa shape index (κ1) is 76.0. The Hall–Kier alpha value is -10.9. The number of hydrogen-bond acceptors (Lipinski definition) is 2. The van der Waals surface area contributed by atoms with Crippen LogP contribution in [-0.4, -0.2) is 15.8 Å². The molecule has 17 rings (SSSR count). The van der Waals surface area contributed by atoms with Crippen LogP contribution in [0.4, 0.5) is 34.1 Å². The maximum atomic E-state index is 11.0. The number of nitrogens with zero attached hydrogens (tertiary/aromatic N) is 4. The molecule has 0 bridgehead atoms. The standard InChI is InChI=1S/C133H161BN4/c1-123(2,3)74-85-38-34-42-94(58-85)102-72-116(104(68-98(102)83-132(28,29)30)96-44-36-40-87(60-96)76-125(7,8)9)137-118-70-100(135-112-54-46-89(78-127(13,14)15)62-106(112)107-63-90(47-55-113(107)135)79-128(16,17)18)50-52-110(118)134-111-53-51-101(136-114-56-48-91(80-129(19,20)21)64-108(114)109-65-92(49-57-115(109)136)81-130(22,23)24)71-119(111)138(121-67-93(82-131(25,26)27)66-120(137)122(121)134)117-73-103(95-43-35-39-86(59-95)75-124(4,5)6)99(84-133(31,32)33)69-105(117)97-45-37-41-88(61-97)77-126(10,11)12/h34-73H,74-84H2,1-33H3/i74D2,75D2,76D2,77D2,78D2,79D2,80D2,81D2,83D2,84D2. The zero-order valence-electron chi connectivity index (χ0n) is 109. The van der Waals surface area contributed by atoms with Gasteiger partial charge in [0.05, 0.1) is 33.4 Å². The van der Waals surface area contributed by atoms with Crippen LogP contribution in [0, 0.1) is 59.6 Å². The highest BCUT2D eigenvalue weighted by Gasteiger charge is 2.46. The topological polar surface area (TPSA) is 16.3 Å². The molecule has 716 valence electrons. The molecule has 0 saturated carbocycles. The van der Waals surface area contributed by atoms with Crippen LogP contribution in [0.25, 0.3) is 99.5 Å². The third-order valence-corrected chi connectivity index (χ3v) is 24.5. The molecular weight excluding hydrogens is 1660 g/mol. The fourth-order valence-electron chi connectivity index (χ4n) is 20.5. The van der Waals surface area contributed by atoms with E-state index in [9.17, 15) is 27.4 Å². The smallest absolute Gasteiger partial charge is 0.252 e. The molecule has 13 aromatic carbocycles. The van der Waals surface area contributed by atoms with Gasteiger partial charge < -0.3 is 18.9 Å². The maximum Gasteiger partial charge on any atom is 0.252 e. The number of benzene rings is 13. The van der Waals surface area contributed by atoms with Crippen molar-refractivity contribution in [3.8, 4) is 55.9 Å². The molecule has 0 aliphatic carbocycles. The second kappa shape index (κ2) is 35.7. The van der Waals surface area contributed by atoms with Gasteiger partial charge in [-0.2, -0.15) is 0 Å². The van der Waals surface area contributed by atoms with Gasteiger partial charge in [0.1, 0.15) is 0 Å². The van der Waals surface area contributed by atoms with Crippen molar-refractivity contribution >= 4 is 101 Å². The summed E-state index contributed by atoms with van der Waals surface area (Å²) >= 11 is 0. The second-order valence-corrected chi connectivity index (χ2v) is 50.9. The quantitative estimate of drug-likeness (QED) is 0.0750. The fraction of sp³-hybridized carbons (Fsp3) is 0.414. The van der Waals surface area contributed by atoms with Crippen molar-refractivity contribution in [1.82, 2.24) is 9.13 Å². The van der Waals surface area contributed by atoms with Gasteiger partial charge in [0.25, 0.3) is 6.71 Å². The Labute approximate surface area is 860 Å². The lowest BCUT2D eigenvalue weighted by atomic mass is 9.33. The lowest BCUT2D eigenvalue weighted by Crippen LogP contribution is -2.61. The van der Waals surface area contributed by atoms with Crippen LogP contribution < -0.4 is 26.2 Å². The van der Waals surface area contributed by atoms with E-state index in [1.54, 1.807) is 12.1 Å². The summed E-state index contributed by atoms with van der Waals surface area (Å²) in [4.78, 5) is 4.61. The largest absolute Gasteiger partial charge is 0.311 e. The highest BCUT2D eigenvalue weighted by atomic mass is 15.2. The molecule has 2 aliphatic heterocycles. The van der Waals surface area contributed by atoms with Crippen molar-refractivity contribution in [2.24, 2.45) is 59.6 Å². The van der Waals surface area contributed by atoms with E-state index in [4.69, 9.17) is 0 Å². The van der Waals surface area contributed by atoms with Gasteiger partial charge in [0, 0.05) is 94.2 Å². The van der Waals surface area contributed by atoms with Crippen molar-refractivity contribution in [2.45, 2.75) is 299 Å². The number of aromatic nitrogens is 2. The van der Waals surface area contributed by atoms with Gasteiger partial charge in [-0.25, -0.2) is 0 Å². The van der Waals surface area contributed by atoms with Gasteiger partial charge in [-0.05, 0) is 350 Å². The summed E-state index contributed by atoms with van der Waals surface area (Å²) in [6.45, 7) is 62.2. The van der Waals surface area contributed by atoms with E-state index in [0.717, 1.165) is 22.0 Å². The number of rotatable bonds is 19. The molecule has 15 aromatic rings. The minimum atomic E-state index is -2.21. The van der Waals surface area contributed by atoms with Gasteiger partial charge in [-0.1, -0.05) is 362 Å². The lowest BCUT2D eigenvalue weighted by molar-refractivity contribution is 0.410. The van der Waals surface area contributed by atoms with Gasteiger partial charge >= 0.3 is 0 Å². The highest BCUT2D eigenvalue weighted by Crippen LogP contribution is 2.55. The molecule has 0 radical (unpaired) electrons. The summed E-state index contributed by atoms with van der Waals surface area (Å²) in [5, 5.41) is 2.72. The molecule has 0 atom stereocenters. The molecule has 0 amide bonds. The van der Waals surface area contributed by atoms with Crippen molar-refractivity contribution < 1.29 is 27.4 Å². The van der Waals surface area contributed by atoms with E-state index in [1.165, 1.54) is 0 Å². The van der Waals surface area contributed by atoms with Crippen molar-refractivity contribution in [2.75, 3.05) is 9.80 Å². The number of fused-ring (bicyclic) bond motifs is 10. The molecule has 2 aromatic heterocycles. The summed E-state index contributed by atoms with van der Waals surface area (Å²) in [5.74, 6) is 0. The van der Waals surface area contributed by atoms with Crippen molar-refractivity contribution in [1.29, 1.82) is 0 Å². The number of anilines is 6. The lowest BCUT2D eigenvalue weighted by Gasteiger charge is -2.46. The first-order chi connectivity index (χ1) is 71.9. The normalized spacial score (nSPS) is 17.0. The fourth-order valence-corrected chi connectivity index (χ4v) is 20.5. The Balaban J connectivity index is 1.14. The van der Waals surface area contributed by atoms with E-state index in [0.29, 0.717) is 185 Å². The van der Waals surface area contributed by atoms with Crippen LogP contribution >= 0.6 is 0 Å². The molecule has 5 heteroatoms. The van der Waals surface area contributed by atoms with Crippen LogP contribution in [0.15, 0.2) is 243 Å². The molecule has 0 saturated heterocycles. The molecule has 0 fully saturated rings. The molecule has 2 aliphatic rings. The Bertz CT molecular complexity index is 7620. The van der Waals surface area contributed by atoms with E-state index < -0.39 is 130 Å². The van der Waals surface area contributed by atoms with Crippen molar-refractivity contribution in [3.63, 3.8) is 0 Å². The predicted octanol–water partition coefficient (Wildman–Crippen LogP) is 36.1. The summed E-state index contributed by atoms with van der Waals surface area (Å²) in [5.41, 5.74) is 8.35. The third kappa shape index (κ3) is 22.3. The van der Waals surface area contributed by atoms with E-state index >= 15 is 0 Å². The van der Waals surface area contributed by atoms with Gasteiger partial charge in [-0.15, -0.1) is 0 Å². The van der Waals surface area contributed by atoms with Crippen LogP contribution in [0.3, 0.4) is 0 Å². The van der Waals surface area contributed by atoms with Gasteiger partial charge in [0.2, 0.25) is 0 Å². The van der Waals surface area contributed by atoms with Crippen LogP contribution in [0.1, 0.15) is 317 Å². The summed E-state index contributed by atoms with van der Waals surface area (Å²) < 4.78 is 209. The van der Waals surface area contributed by atoms with Crippen LogP contribution in [0.2, 0.25) is 0 Å². The average Bonchev–Trinajstić information content (AvgIpc) is 1.09. The van der Waals surface area contributed by atoms with E-state index in [2.05, 4.69) is 100 Å². The highest BCUT2D eigenvalue weighted by molar-refractivity contribution is 7.00. The van der Waals surface area contributed by atoms with Crippen LogP contribution in [-0.2, 0) is 70.2 Å². The van der Waals surface area contributed by atoms with Gasteiger partial charge in [-0.3, -0.25) is 0 Å². The van der Waals surface area contributed by atoms with Gasteiger partial charge in [0.15, 0.2) is 0 Å². The number of hydrogen-bond donors (Lipinski definition) is 0.